The summed E-state index contributed by atoms with van der Waals surface area (Å²) in [6.07, 6.45) is 8.00. The lowest BCUT2D eigenvalue weighted by Gasteiger charge is -2.30. The van der Waals surface area contributed by atoms with Gasteiger partial charge >= 0.3 is 0 Å². The van der Waals surface area contributed by atoms with E-state index in [1.165, 1.54) is 38.5 Å². The molecule has 0 amide bonds. The Hall–Kier alpha value is -0.400. The smallest absolute Gasteiger partial charge is 0.0642 e. The Balaban J connectivity index is 2.14. The van der Waals surface area contributed by atoms with Crippen molar-refractivity contribution in [2.75, 3.05) is 11.9 Å². The van der Waals surface area contributed by atoms with Crippen molar-refractivity contribution in [2.24, 2.45) is 0 Å². The van der Waals surface area contributed by atoms with Gasteiger partial charge in [0.2, 0.25) is 0 Å². The van der Waals surface area contributed by atoms with E-state index in [0.29, 0.717) is 11.9 Å². The topological polar surface area (TPSA) is 3.24 Å². The first-order valence-electron chi connectivity index (χ1n) is 6.79. The van der Waals surface area contributed by atoms with Crippen molar-refractivity contribution in [2.45, 2.75) is 50.4 Å². The Morgan fingerprint density at radius 2 is 1.83 bits per heavy atom. The molecule has 0 atom stereocenters. The first-order chi connectivity index (χ1) is 8.72. The summed E-state index contributed by atoms with van der Waals surface area (Å²) in [5, 5.41) is 0.819. The fraction of sp³-hybridized carbons (Fsp3) is 0.600. The lowest BCUT2D eigenvalue weighted by Crippen LogP contribution is -2.31. The monoisotopic (exact) mass is 285 g/mol. The van der Waals surface area contributed by atoms with Gasteiger partial charge in [0.25, 0.3) is 0 Å². The summed E-state index contributed by atoms with van der Waals surface area (Å²) in [6, 6.07) is 6.79. The van der Waals surface area contributed by atoms with E-state index in [0.717, 1.165) is 16.3 Å². The summed E-state index contributed by atoms with van der Waals surface area (Å²) >= 11 is 12.2. The molecule has 1 nitrogen and oxygen atoms in total. The standard InChI is InChI=1S/C15H21Cl2N/c1-18(13-6-4-2-3-5-7-13)15-9-8-12(11-16)10-14(15)17/h8-10,13H,2-7,11H2,1H3. The molecule has 0 bridgehead atoms. The van der Waals surface area contributed by atoms with Gasteiger partial charge in [0.1, 0.15) is 0 Å². The molecule has 0 unspecified atom stereocenters. The number of hydrogen-bond acceptors (Lipinski definition) is 1. The molecule has 1 aliphatic carbocycles. The van der Waals surface area contributed by atoms with Gasteiger partial charge in [-0.3, -0.25) is 0 Å². The van der Waals surface area contributed by atoms with Gasteiger partial charge in [-0.05, 0) is 30.5 Å². The molecule has 18 heavy (non-hydrogen) atoms. The molecule has 0 radical (unpaired) electrons. The quantitative estimate of drug-likeness (QED) is 0.542. The van der Waals surface area contributed by atoms with Crippen LogP contribution in [0.5, 0.6) is 0 Å². The lowest BCUT2D eigenvalue weighted by molar-refractivity contribution is 0.553. The average molecular weight is 286 g/mol. The van der Waals surface area contributed by atoms with E-state index >= 15 is 0 Å². The van der Waals surface area contributed by atoms with Crippen LogP contribution in [0.1, 0.15) is 44.1 Å². The maximum absolute atomic E-state index is 6.36. The maximum Gasteiger partial charge on any atom is 0.0642 e. The zero-order chi connectivity index (χ0) is 13.0. The van der Waals surface area contributed by atoms with Crippen molar-refractivity contribution in [3.05, 3.63) is 28.8 Å². The van der Waals surface area contributed by atoms with Crippen LogP contribution >= 0.6 is 23.2 Å². The fourth-order valence-corrected chi connectivity index (χ4v) is 3.26. The first-order valence-corrected chi connectivity index (χ1v) is 7.71. The van der Waals surface area contributed by atoms with Crippen LogP contribution in [-0.4, -0.2) is 13.1 Å². The number of nitrogens with zero attached hydrogens (tertiary/aromatic N) is 1. The molecular weight excluding hydrogens is 265 g/mol. The van der Waals surface area contributed by atoms with E-state index in [2.05, 4.69) is 24.1 Å². The van der Waals surface area contributed by atoms with Crippen LogP contribution < -0.4 is 4.90 Å². The van der Waals surface area contributed by atoms with E-state index in [4.69, 9.17) is 23.2 Å². The molecule has 100 valence electrons. The molecule has 0 aromatic heterocycles. The average Bonchev–Trinajstić information content (AvgIpc) is 2.66. The molecule has 1 aromatic carbocycles. The van der Waals surface area contributed by atoms with Crippen molar-refractivity contribution in [3.63, 3.8) is 0 Å². The Kier molecular flexibility index (Phi) is 5.20. The van der Waals surface area contributed by atoms with Crippen molar-refractivity contribution in [1.29, 1.82) is 0 Å². The van der Waals surface area contributed by atoms with Crippen LogP contribution in [0.4, 0.5) is 5.69 Å². The Morgan fingerprint density at radius 3 is 2.39 bits per heavy atom. The second-order valence-electron chi connectivity index (χ2n) is 5.18. The number of hydrogen-bond donors (Lipinski definition) is 0. The van der Waals surface area contributed by atoms with Gasteiger partial charge < -0.3 is 4.90 Å². The third-order valence-electron chi connectivity index (χ3n) is 3.92. The molecule has 1 aromatic rings. The number of halogens is 2. The van der Waals surface area contributed by atoms with Gasteiger partial charge in [0.05, 0.1) is 10.7 Å². The normalized spacial score (nSPS) is 17.5. The predicted molar refractivity (Wildman–Crippen MR) is 80.9 cm³/mol. The van der Waals surface area contributed by atoms with E-state index in [-0.39, 0.29) is 0 Å². The molecule has 1 saturated carbocycles. The summed E-state index contributed by atoms with van der Waals surface area (Å²) in [6.45, 7) is 0. The predicted octanol–water partition coefficient (Wildman–Crippen LogP) is 5.24. The number of alkyl halides is 1. The highest BCUT2D eigenvalue weighted by molar-refractivity contribution is 6.33. The minimum atomic E-state index is 0.521. The molecule has 1 aliphatic rings. The van der Waals surface area contributed by atoms with Crippen LogP contribution in [0.25, 0.3) is 0 Å². The maximum atomic E-state index is 6.36. The zero-order valence-electron chi connectivity index (χ0n) is 11.0. The summed E-state index contributed by atoms with van der Waals surface area (Å²) in [4.78, 5) is 2.35. The van der Waals surface area contributed by atoms with Gasteiger partial charge in [-0.15, -0.1) is 11.6 Å². The third-order valence-corrected chi connectivity index (χ3v) is 4.53. The SMILES string of the molecule is CN(c1ccc(CCl)cc1Cl)C1CCCCCC1. The van der Waals surface area contributed by atoms with Gasteiger partial charge in [0.15, 0.2) is 0 Å². The Labute approximate surface area is 120 Å². The summed E-state index contributed by atoms with van der Waals surface area (Å²) < 4.78 is 0. The van der Waals surface area contributed by atoms with Crippen molar-refractivity contribution in [1.82, 2.24) is 0 Å². The van der Waals surface area contributed by atoms with Crippen molar-refractivity contribution >= 4 is 28.9 Å². The number of rotatable bonds is 3. The van der Waals surface area contributed by atoms with E-state index < -0.39 is 0 Å². The van der Waals surface area contributed by atoms with Crippen LogP contribution in [0.3, 0.4) is 0 Å². The van der Waals surface area contributed by atoms with Gasteiger partial charge in [-0.1, -0.05) is 43.4 Å². The summed E-state index contributed by atoms with van der Waals surface area (Å²) in [5.74, 6) is 0.521. The minimum Gasteiger partial charge on any atom is -0.370 e. The second-order valence-corrected chi connectivity index (χ2v) is 5.85. The lowest BCUT2D eigenvalue weighted by atomic mass is 10.1. The summed E-state index contributed by atoms with van der Waals surface area (Å²) in [5.41, 5.74) is 2.22. The van der Waals surface area contributed by atoms with Crippen LogP contribution in [-0.2, 0) is 5.88 Å². The van der Waals surface area contributed by atoms with E-state index in [9.17, 15) is 0 Å². The highest BCUT2D eigenvalue weighted by atomic mass is 35.5. The zero-order valence-corrected chi connectivity index (χ0v) is 12.5. The molecule has 0 aliphatic heterocycles. The Bertz CT molecular complexity index is 384. The number of benzene rings is 1. The first kappa shape index (κ1) is 14.0. The van der Waals surface area contributed by atoms with Gasteiger partial charge in [0, 0.05) is 19.0 Å². The van der Waals surface area contributed by atoms with Crippen LogP contribution in [0.15, 0.2) is 18.2 Å². The molecule has 0 spiro atoms. The van der Waals surface area contributed by atoms with Crippen molar-refractivity contribution in [3.8, 4) is 0 Å². The van der Waals surface area contributed by atoms with Crippen LogP contribution in [0, 0.1) is 0 Å². The molecule has 0 N–H and O–H groups in total. The van der Waals surface area contributed by atoms with Gasteiger partial charge in [-0.2, -0.15) is 0 Å². The third kappa shape index (κ3) is 3.33. The van der Waals surface area contributed by atoms with E-state index in [1.807, 2.05) is 6.07 Å². The molecule has 3 heteroatoms. The van der Waals surface area contributed by atoms with E-state index in [1.54, 1.807) is 0 Å². The largest absolute Gasteiger partial charge is 0.370 e. The minimum absolute atomic E-state index is 0.521. The molecule has 2 rings (SSSR count). The highest BCUT2D eigenvalue weighted by Gasteiger charge is 2.18. The molecular formula is C15H21Cl2N. The van der Waals surface area contributed by atoms with Crippen LogP contribution in [0.2, 0.25) is 5.02 Å². The molecule has 0 heterocycles. The van der Waals surface area contributed by atoms with Gasteiger partial charge in [-0.25, -0.2) is 0 Å². The number of anilines is 1. The highest BCUT2D eigenvalue weighted by Crippen LogP contribution is 2.31. The summed E-state index contributed by atoms with van der Waals surface area (Å²) in [7, 11) is 2.16. The van der Waals surface area contributed by atoms with Crippen molar-refractivity contribution < 1.29 is 0 Å². The fourth-order valence-electron chi connectivity index (χ4n) is 2.76. The second kappa shape index (κ2) is 6.68. The molecule has 1 fully saturated rings. The molecule has 0 saturated heterocycles. The Morgan fingerprint density at radius 1 is 1.17 bits per heavy atom.